The highest BCUT2D eigenvalue weighted by Gasteiger charge is 2.20. The Morgan fingerprint density at radius 1 is 1.05 bits per heavy atom. The van der Waals surface area contributed by atoms with Gasteiger partial charge >= 0.3 is 0 Å². The normalized spacial score (nSPS) is 12.9. The van der Waals surface area contributed by atoms with Gasteiger partial charge in [-0.1, -0.05) is 35.3 Å². The largest absolute Gasteiger partial charge is 0.489 e. The molecule has 0 amide bonds. The molecule has 0 bridgehead atoms. The molecule has 0 aromatic heterocycles. The number of hydrogen-bond donors (Lipinski definition) is 1. The maximum atomic E-state index is 12.1. The van der Waals surface area contributed by atoms with Crippen molar-refractivity contribution in [1.82, 2.24) is 0 Å². The van der Waals surface area contributed by atoms with Crippen molar-refractivity contribution < 1.29 is 18.3 Å². The number of aliphatic hydroxyl groups excluding tert-OH is 1. The van der Waals surface area contributed by atoms with Crippen LogP contribution in [0.25, 0.3) is 0 Å². The minimum absolute atomic E-state index is 0.105. The summed E-state index contributed by atoms with van der Waals surface area (Å²) in [5.41, 5.74) is 0. The van der Waals surface area contributed by atoms with Crippen LogP contribution in [0.3, 0.4) is 0 Å². The lowest BCUT2D eigenvalue weighted by Crippen LogP contribution is -2.27. The zero-order chi connectivity index (χ0) is 16.2. The fourth-order valence-electron chi connectivity index (χ4n) is 1.79. The molecule has 118 valence electrons. The zero-order valence-corrected chi connectivity index (χ0v) is 13.8. The van der Waals surface area contributed by atoms with Crippen molar-refractivity contribution in [3.05, 3.63) is 58.6 Å². The van der Waals surface area contributed by atoms with Crippen LogP contribution in [0.4, 0.5) is 0 Å². The van der Waals surface area contributed by atoms with Gasteiger partial charge in [-0.05, 0) is 36.4 Å². The Morgan fingerprint density at radius 3 is 2.32 bits per heavy atom. The fourth-order valence-corrected chi connectivity index (χ4v) is 3.45. The summed E-state index contributed by atoms with van der Waals surface area (Å²) >= 11 is 11.6. The number of aliphatic hydroxyl groups is 1. The second-order valence-corrected chi connectivity index (χ2v) is 7.51. The summed E-state index contributed by atoms with van der Waals surface area (Å²) in [5.74, 6) is -0.0499. The van der Waals surface area contributed by atoms with Crippen LogP contribution in [0.1, 0.15) is 0 Å². The smallest absolute Gasteiger partial charge is 0.181 e. The molecule has 4 nitrogen and oxygen atoms in total. The zero-order valence-electron chi connectivity index (χ0n) is 11.4. The van der Waals surface area contributed by atoms with Crippen molar-refractivity contribution in [3.63, 3.8) is 0 Å². The number of hydrogen-bond acceptors (Lipinski definition) is 4. The second-order valence-electron chi connectivity index (χ2n) is 4.63. The predicted molar refractivity (Wildman–Crippen MR) is 86.5 cm³/mol. The molecule has 0 aliphatic rings. The molecule has 0 fully saturated rings. The summed E-state index contributed by atoms with van der Waals surface area (Å²) in [4.78, 5) is 0.105. The van der Waals surface area contributed by atoms with Crippen LogP contribution in [0.5, 0.6) is 5.75 Å². The van der Waals surface area contributed by atoms with E-state index in [-0.39, 0.29) is 11.5 Å². The van der Waals surface area contributed by atoms with E-state index in [2.05, 4.69) is 0 Å². The first kappa shape index (κ1) is 17.1. The molecule has 7 heteroatoms. The van der Waals surface area contributed by atoms with E-state index in [0.29, 0.717) is 15.8 Å². The van der Waals surface area contributed by atoms with E-state index in [1.165, 1.54) is 24.3 Å². The highest BCUT2D eigenvalue weighted by molar-refractivity contribution is 7.91. The van der Waals surface area contributed by atoms with E-state index in [9.17, 15) is 13.5 Å². The summed E-state index contributed by atoms with van der Waals surface area (Å²) in [5, 5.41) is 10.7. The monoisotopic (exact) mass is 360 g/mol. The van der Waals surface area contributed by atoms with Gasteiger partial charge in [-0.25, -0.2) is 8.42 Å². The number of rotatable bonds is 6. The van der Waals surface area contributed by atoms with Gasteiger partial charge in [0.25, 0.3) is 0 Å². The number of benzene rings is 2. The molecule has 1 N–H and O–H groups in total. The highest BCUT2D eigenvalue weighted by atomic mass is 35.5. The summed E-state index contributed by atoms with van der Waals surface area (Å²) in [7, 11) is -3.61. The first-order chi connectivity index (χ1) is 10.4. The number of ether oxygens (including phenoxy) is 1. The Balaban J connectivity index is 1.98. The first-order valence-electron chi connectivity index (χ1n) is 6.42. The van der Waals surface area contributed by atoms with Gasteiger partial charge in [0, 0.05) is 5.02 Å². The van der Waals surface area contributed by atoms with Crippen molar-refractivity contribution >= 4 is 33.0 Å². The van der Waals surface area contributed by atoms with E-state index in [0.717, 1.165) is 0 Å². The minimum atomic E-state index is -3.61. The van der Waals surface area contributed by atoms with Crippen molar-refractivity contribution in [3.8, 4) is 5.75 Å². The molecular weight excluding hydrogens is 347 g/mol. The molecular formula is C15H14Cl2O4S. The molecule has 0 radical (unpaired) electrons. The van der Waals surface area contributed by atoms with Gasteiger partial charge in [-0.3, -0.25) is 0 Å². The van der Waals surface area contributed by atoms with Crippen LogP contribution in [-0.4, -0.2) is 32.0 Å². The van der Waals surface area contributed by atoms with Crippen LogP contribution in [0.15, 0.2) is 53.4 Å². The molecule has 2 rings (SSSR count). The average Bonchev–Trinajstić information content (AvgIpc) is 2.46. The third-order valence-electron chi connectivity index (χ3n) is 2.85. The summed E-state index contributed by atoms with van der Waals surface area (Å²) < 4.78 is 29.6. The molecule has 0 unspecified atom stereocenters. The Hall–Kier alpha value is -1.27. The summed E-state index contributed by atoms with van der Waals surface area (Å²) in [6, 6.07) is 12.5. The van der Waals surface area contributed by atoms with Crippen molar-refractivity contribution in [2.45, 2.75) is 11.0 Å². The van der Waals surface area contributed by atoms with E-state index in [4.69, 9.17) is 27.9 Å². The Kier molecular flexibility index (Phi) is 5.69. The van der Waals surface area contributed by atoms with Gasteiger partial charge in [0.15, 0.2) is 9.84 Å². The lowest BCUT2D eigenvalue weighted by molar-refractivity contribution is 0.125. The molecule has 0 heterocycles. The van der Waals surface area contributed by atoms with Gasteiger partial charge in [-0.15, -0.1) is 0 Å². The van der Waals surface area contributed by atoms with Gasteiger partial charge in [0.05, 0.1) is 15.7 Å². The number of para-hydroxylation sites is 1. The van der Waals surface area contributed by atoms with E-state index in [1.807, 2.05) is 0 Å². The maximum absolute atomic E-state index is 12.1. The second kappa shape index (κ2) is 7.33. The first-order valence-corrected chi connectivity index (χ1v) is 8.83. The number of sulfone groups is 1. The molecule has 0 saturated heterocycles. The lowest BCUT2D eigenvalue weighted by Gasteiger charge is -2.13. The van der Waals surface area contributed by atoms with Gasteiger partial charge in [0.2, 0.25) is 0 Å². The maximum Gasteiger partial charge on any atom is 0.181 e. The van der Waals surface area contributed by atoms with E-state index < -0.39 is 21.7 Å². The molecule has 22 heavy (non-hydrogen) atoms. The summed E-state index contributed by atoms with van der Waals surface area (Å²) in [6.07, 6.45) is -1.17. The lowest BCUT2D eigenvalue weighted by atomic mass is 10.3. The fraction of sp³-hybridized carbons (Fsp3) is 0.200. The van der Waals surface area contributed by atoms with Gasteiger partial charge in [-0.2, -0.15) is 0 Å². The molecule has 2 aromatic rings. The van der Waals surface area contributed by atoms with Crippen LogP contribution in [0, 0.1) is 0 Å². The standard InChI is InChI=1S/C15H14Cl2O4S/c16-11-5-7-13(8-6-11)22(19,20)10-12(18)9-21-15-4-2-1-3-14(15)17/h1-8,12,18H,9-10H2/t12-/m1/s1. The Bertz CT molecular complexity index is 729. The SMILES string of the molecule is O=S(=O)(C[C@H](O)COc1ccccc1Cl)c1ccc(Cl)cc1. The minimum Gasteiger partial charge on any atom is -0.489 e. The van der Waals surface area contributed by atoms with Gasteiger partial charge < -0.3 is 9.84 Å². The molecule has 2 aromatic carbocycles. The molecule has 0 saturated carbocycles. The highest BCUT2D eigenvalue weighted by Crippen LogP contribution is 2.23. The molecule has 1 atom stereocenters. The van der Waals surface area contributed by atoms with Crippen LogP contribution >= 0.6 is 23.2 Å². The van der Waals surface area contributed by atoms with E-state index in [1.54, 1.807) is 24.3 Å². The third kappa shape index (κ3) is 4.61. The predicted octanol–water partition coefficient (Wildman–Crippen LogP) is 3.21. The van der Waals surface area contributed by atoms with Gasteiger partial charge in [0.1, 0.15) is 18.5 Å². The van der Waals surface area contributed by atoms with Crippen LogP contribution < -0.4 is 4.74 Å². The average molecular weight is 361 g/mol. The van der Waals surface area contributed by atoms with Crippen molar-refractivity contribution in [2.24, 2.45) is 0 Å². The molecule has 0 aliphatic carbocycles. The molecule has 0 spiro atoms. The Morgan fingerprint density at radius 2 is 1.68 bits per heavy atom. The van der Waals surface area contributed by atoms with Crippen molar-refractivity contribution in [2.75, 3.05) is 12.4 Å². The quantitative estimate of drug-likeness (QED) is 0.858. The number of halogens is 2. The van der Waals surface area contributed by atoms with Crippen molar-refractivity contribution in [1.29, 1.82) is 0 Å². The third-order valence-corrected chi connectivity index (χ3v) is 5.23. The molecule has 0 aliphatic heterocycles. The van der Waals surface area contributed by atoms with Crippen LogP contribution in [-0.2, 0) is 9.84 Å². The van der Waals surface area contributed by atoms with E-state index >= 15 is 0 Å². The van der Waals surface area contributed by atoms with Crippen LogP contribution in [0.2, 0.25) is 10.0 Å². The Labute approximate surface area is 139 Å². The summed E-state index contributed by atoms with van der Waals surface area (Å²) in [6.45, 7) is -0.170. The topological polar surface area (TPSA) is 63.6 Å².